The number of rotatable bonds is 13. The van der Waals surface area contributed by atoms with E-state index in [0.29, 0.717) is 31.2 Å². The molecule has 3 N–H and O–H groups in total. The average Bonchev–Trinajstić information content (AvgIpc) is 2.91. The number of aromatic nitrogens is 2. The number of anilines is 1. The second kappa shape index (κ2) is 13.9. The van der Waals surface area contributed by atoms with Gasteiger partial charge in [0.25, 0.3) is 0 Å². The predicted octanol–water partition coefficient (Wildman–Crippen LogP) is 2.97. The Kier molecular flexibility index (Phi) is 10.1. The molecule has 11 nitrogen and oxygen atoms in total. The summed E-state index contributed by atoms with van der Waals surface area (Å²) in [6.45, 7) is 1.06. The minimum Gasteiger partial charge on any atom is -0.460 e. The van der Waals surface area contributed by atoms with Crippen LogP contribution in [0.25, 0.3) is 11.1 Å². The molecule has 0 spiro atoms. The smallest absolute Gasteiger partial charge is 0.313 e. The summed E-state index contributed by atoms with van der Waals surface area (Å²) in [6.07, 6.45) is 5.30. The maximum atomic E-state index is 15.0. The Morgan fingerprint density at radius 1 is 1.26 bits per heavy atom. The molecule has 0 saturated carbocycles. The molecule has 3 heterocycles. The molecular formula is C26H32F2N6O5. The van der Waals surface area contributed by atoms with Gasteiger partial charge in [0, 0.05) is 41.6 Å². The third-order valence-corrected chi connectivity index (χ3v) is 6.16. The molecule has 39 heavy (non-hydrogen) atoms. The molecule has 210 valence electrons. The Bertz CT molecular complexity index is 1150. The van der Waals surface area contributed by atoms with Crippen LogP contribution in [0.3, 0.4) is 0 Å². The van der Waals surface area contributed by atoms with Gasteiger partial charge < -0.3 is 29.7 Å². The van der Waals surface area contributed by atoms with Gasteiger partial charge in [-0.3, -0.25) is 14.6 Å². The van der Waals surface area contributed by atoms with E-state index in [-0.39, 0.29) is 49.5 Å². The van der Waals surface area contributed by atoms with Gasteiger partial charge in [0.1, 0.15) is 31.3 Å². The minimum atomic E-state index is -0.705. The van der Waals surface area contributed by atoms with Crippen molar-refractivity contribution < 1.29 is 32.6 Å². The van der Waals surface area contributed by atoms with Crippen molar-refractivity contribution in [3.8, 4) is 11.1 Å². The number of carbonyl (C=O) groups is 1. The Hall–Kier alpha value is -3.71. The van der Waals surface area contributed by atoms with Crippen molar-refractivity contribution in [1.29, 1.82) is 5.41 Å². The molecule has 2 saturated heterocycles. The van der Waals surface area contributed by atoms with Gasteiger partial charge in [-0.2, -0.15) is 0 Å². The lowest BCUT2D eigenvalue weighted by atomic mass is 10.1. The van der Waals surface area contributed by atoms with E-state index in [1.807, 2.05) is 4.90 Å². The van der Waals surface area contributed by atoms with Crippen molar-refractivity contribution in [2.75, 3.05) is 44.5 Å². The summed E-state index contributed by atoms with van der Waals surface area (Å²) in [6, 6.07) is 4.73. The summed E-state index contributed by atoms with van der Waals surface area (Å²) in [5, 5.41) is 11.2. The Morgan fingerprint density at radius 2 is 2.05 bits per heavy atom. The van der Waals surface area contributed by atoms with E-state index in [1.165, 1.54) is 18.5 Å². The van der Waals surface area contributed by atoms with Gasteiger partial charge in [-0.05, 0) is 19.3 Å². The number of amidine groups is 1. The minimum absolute atomic E-state index is 0.110. The highest BCUT2D eigenvalue weighted by Gasteiger charge is 2.26. The Morgan fingerprint density at radius 3 is 2.74 bits per heavy atom. The van der Waals surface area contributed by atoms with Crippen molar-refractivity contribution in [3.63, 3.8) is 0 Å². The lowest BCUT2D eigenvalue weighted by Gasteiger charge is -2.32. The van der Waals surface area contributed by atoms with Crippen molar-refractivity contribution >= 4 is 23.5 Å². The number of alkyl halides is 1. The third kappa shape index (κ3) is 8.14. The molecule has 0 bridgehead atoms. The number of hydrogen-bond acceptors (Lipinski definition) is 10. The van der Waals surface area contributed by atoms with Crippen molar-refractivity contribution in [2.45, 2.75) is 38.6 Å². The van der Waals surface area contributed by atoms with E-state index in [4.69, 9.17) is 30.2 Å². The zero-order valence-electron chi connectivity index (χ0n) is 21.5. The predicted molar refractivity (Wildman–Crippen MR) is 138 cm³/mol. The van der Waals surface area contributed by atoms with E-state index in [0.717, 1.165) is 25.0 Å². The quantitative estimate of drug-likeness (QED) is 0.168. The normalized spacial score (nSPS) is 17.7. The highest BCUT2D eigenvalue weighted by atomic mass is 19.1. The average molecular weight is 547 g/mol. The summed E-state index contributed by atoms with van der Waals surface area (Å²) in [5.41, 5.74) is 6.86. The maximum Gasteiger partial charge on any atom is 0.313 e. The fourth-order valence-corrected chi connectivity index (χ4v) is 3.95. The number of ether oxygens (including phenoxy) is 3. The highest BCUT2D eigenvalue weighted by molar-refractivity contribution is 5.98. The lowest BCUT2D eigenvalue weighted by Crippen LogP contribution is -2.48. The van der Waals surface area contributed by atoms with Crippen LogP contribution < -0.4 is 10.6 Å². The van der Waals surface area contributed by atoms with Crippen LogP contribution in [0.1, 0.15) is 31.2 Å². The van der Waals surface area contributed by atoms with E-state index >= 15 is 4.39 Å². The number of nitrogens with one attached hydrogen (secondary N) is 1. The van der Waals surface area contributed by atoms with Crippen LogP contribution in [0.5, 0.6) is 0 Å². The first-order valence-corrected chi connectivity index (χ1v) is 12.7. The second-order valence-corrected chi connectivity index (χ2v) is 9.37. The van der Waals surface area contributed by atoms with Crippen LogP contribution in [0.4, 0.5) is 14.7 Å². The molecule has 2 aliphatic heterocycles. The number of esters is 1. The molecule has 2 fully saturated rings. The third-order valence-electron chi connectivity index (χ3n) is 6.16. The van der Waals surface area contributed by atoms with E-state index in [1.54, 1.807) is 12.1 Å². The number of nitrogens with two attached hydrogens (primary N) is 1. The molecule has 2 aromatic rings. The number of oxime groups is 1. The summed E-state index contributed by atoms with van der Waals surface area (Å²) in [5.74, 6) is -1.54. The summed E-state index contributed by atoms with van der Waals surface area (Å²) >= 11 is 0. The monoisotopic (exact) mass is 546 g/mol. The molecule has 4 rings (SSSR count). The molecule has 1 aromatic carbocycles. The zero-order chi connectivity index (χ0) is 27.6. The Labute approximate surface area is 224 Å². The van der Waals surface area contributed by atoms with Crippen LogP contribution in [0.15, 0.2) is 35.7 Å². The first-order chi connectivity index (χ1) is 18.9. The number of carbonyl (C=O) groups excluding carboxylic acids is 1. The van der Waals surface area contributed by atoms with Gasteiger partial charge in [0.15, 0.2) is 6.29 Å². The van der Waals surface area contributed by atoms with Crippen molar-refractivity contribution in [1.82, 2.24) is 9.97 Å². The van der Waals surface area contributed by atoms with Gasteiger partial charge in [0.05, 0.1) is 32.1 Å². The van der Waals surface area contributed by atoms with E-state index in [2.05, 4.69) is 15.1 Å². The van der Waals surface area contributed by atoms with Gasteiger partial charge in [-0.25, -0.2) is 14.4 Å². The van der Waals surface area contributed by atoms with Gasteiger partial charge in [-0.15, -0.1) is 0 Å². The maximum absolute atomic E-state index is 15.0. The molecule has 0 radical (unpaired) electrons. The number of nitrogens with zero attached hydrogens (tertiary/aromatic N) is 4. The standard InChI is InChI=1S/C26H32F2N6O5/c27-9-17(14-38-24-6-1-2-7-36-24)15-39-33-20-12-34(13-20)26-31-10-19(11-32-26)21-5-3-4-18(25(21)28)16-37-23(35)8-22(29)30/h3-5,10-11,17,24H,1-2,6-9,12-16H2,(H3,29,30). The number of hydrogen-bond donors (Lipinski definition) is 2. The van der Waals surface area contributed by atoms with Crippen LogP contribution in [-0.2, 0) is 30.4 Å². The number of halogens is 2. The fourth-order valence-electron chi connectivity index (χ4n) is 3.95. The molecule has 1 aromatic heterocycles. The second-order valence-electron chi connectivity index (χ2n) is 9.37. The van der Waals surface area contributed by atoms with Crippen molar-refractivity contribution in [2.24, 2.45) is 16.8 Å². The zero-order valence-corrected chi connectivity index (χ0v) is 21.5. The SMILES string of the molecule is N=C(N)CC(=O)OCc1cccc(-c2cnc(N3CC(=NOCC(CF)COC4CCCCO4)C3)nc2)c1F. The lowest BCUT2D eigenvalue weighted by molar-refractivity contribution is -0.172. The first-order valence-electron chi connectivity index (χ1n) is 12.7. The molecular weight excluding hydrogens is 514 g/mol. The fraction of sp³-hybridized carbons (Fsp3) is 0.500. The molecule has 13 heteroatoms. The van der Waals surface area contributed by atoms with Gasteiger partial charge in [-0.1, -0.05) is 23.4 Å². The molecule has 2 aliphatic rings. The molecule has 0 aliphatic carbocycles. The molecule has 2 unspecified atom stereocenters. The number of benzene rings is 1. The summed E-state index contributed by atoms with van der Waals surface area (Å²) < 4.78 is 44.4. The van der Waals surface area contributed by atoms with Crippen LogP contribution in [0, 0.1) is 17.1 Å². The largest absolute Gasteiger partial charge is 0.460 e. The van der Waals surface area contributed by atoms with Gasteiger partial charge in [0.2, 0.25) is 5.95 Å². The van der Waals surface area contributed by atoms with E-state index in [9.17, 15) is 9.18 Å². The van der Waals surface area contributed by atoms with Crippen LogP contribution in [-0.4, -0.2) is 73.4 Å². The first kappa shape index (κ1) is 28.3. The van der Waals surface area contributed by atoms with Gasteiger partial charge >= 0.3 is 5.97 Å². The summed E-state index contributed by atoms with van der Waals surface area (Å²) in [7, 11) is 0. The molecule has 2 atom stereocenters. The highest BCUT2D eigenvalue weighted by Crippen LogP contribution is 2.26. The van der Waals surface area contributed by atoms with E-state index < -0.39 is 24.4 Å². The van der Waals surface area contributed by atoms with Crippen LogP contribution in [0.2, 0.25) is 0 Å². The Balaban J connectivity index is 1.23. The molecule has 0 amide bonds. The van der Waals surface area contributed by atoms with Crippen molar-refractivity contribution in [3.05, 3.63) is 42.0 Å². The topological polar surface area (TPSA) is 145 Å². The van der Waals surface area contributed by atoms with Crippen LogP contribution >= 0.6 is 0 Å². The summed E-state index contributed by atoms with van der Waals surface area (Å²) in [4.78, 5) is 27.5.